The van der Waals surface area contributed by atoms with Crippen LogP contribution in [0.5, 0.6) is 0 Å². The maximum atomic E-state index is 13.0. The largest absolute Gasteiger partial charge is 0.477 e. The summed E-state index contributed by atoms with van der Waals surface area (Å²) in [6, 6.07) is 0. The van der Waals surface area contributed by atoms with E-state index in [1.165, 1.54) is 250 Å². The van der Waals surface area contributed by atoms with E-state index in [2.05, 4.69) is 74.6 Å². The van der Waals surface area contributed by atoms with E-state index in [0.717, 1.165) is 70.6 Å². The van der Waals surface area contributed by atoms with E-state index < -0.39 is 18.4 Å². The minimum Gasteiger partial charge on any atom is -0.477 e. The summed E-state index contributed by atoms with van der Waals surface area (Å²) in [5.41, 5.74) is 0. The van der Waals surface area contributed by atoms with Crippen LogP contribution in [0.25, 0.3) is 0 Å². The van der Waals surface area contributed by atoms with Gasteiger partial charge in [0, 0.05) is 12.8 Å². The number of aliphatic carboxylic acids is 1. The topological polar surface area (TPSA) is 108 Å². The van der Waals surface area contributed by atoms with Crippen LogP contribution in [0.3, 0.4) is 0 Å². The molecule has 0 aliphatic rings. The quantitative estimate of drug-likeness (QED) is 0.0211. The number of allylic oxidation sites excluding steroid dienone is 10. The second-order valence-corrected chi connectivity index (χ2v) is 25.9. The van der Waals surface area contributed by atoms with Crippen molar-refractivity contribution in [3.63, 3.8) is 0 Å². The molecule has 1 N–H and O–H groups in total. The van der Waals surface area contributed by atoms with Gasteiger partial charge in [0.05, 0.1) is 34.4 Å². The van der Waals surface area contributed by atoms with E-state index in [-0.39, 0.29) is 38.2 Å². The number of hydrogen-bond acceptors (Lipinski definition) is 7. The van der Waals surface area contributed by atoms with Crippen molar-refractivity contribution in [2.75, 3.05) is 47.5 Å². The molecule has 0 aromatic rings. The average Bonchev–Trinajstić information content (AvgIpc) is 3.49. The van der Waals surface area contributed by atoms with Gasteiger partial charge in [-0.25, -0.2) is 4.79 Å². The van der Waals surface area contributed by atoms with Crippen LogP contribution in [0.2, 0.25) is 0 Å². The van der Waals surface area contributed by atoms with Gasteiger partial charge >= 0.3 is 17.9 Å². The van der Waals surface area contributed by atoms with Crippen LogP contribution in [0.15, 0.2) is 60.8 Å². The first-order valence-electron chi connectivity index (χ1n) is 36.5. The van der Waals surface area contributed by atoms with E-state index in [1.807, 2.05) is 21.1 Å². The van der Waals surface area contributed by atoms with Crippen molar-refractivity contribution in [1.29, 1.82) is 0 Å². The first-order chi connectivity index (χ1) is 41.6. The molecule has 2 atom stereocenters. The second kappa shape index (κ2) is 66.9. The third-order valence-corrected chi connectivity index (χ3v) is 16.3. The first-order valence-corrected chi connectivity index (χ1v) is 36.5. The van der Waals surface area contributed by atoms with E-state index >= 15 is 0 Å². The molecule has 0 spiro atoms. The minimum atomic E-state index is -1.51. The number of hydrogen-bond donors (Lipinski definition) is 1. The number of carbonyl (C=O) groups is 3. The van der Waals surface area contributed by atoms with E-state index in [4.69, 9.17) is 18.9 Å². The molecule has 0 saturated carbocycles. The molecule has 0 aromatic heterocycles. The molecule has 0 fully saturated rings. The van der Waals surface area contributed by atoms with Crippen LogP contribution >= 0.6 is 0 Å². The third-order valence-electron chi connectivity index (χ3n) is 16.3. The van der Waals surface area contributed by atoms with Crippen molar-refractivity contribution in [1.82, 2.24) is 0 Å². The Morgan fingerprint density at radius 3 is 1.00 bits per heavy atom. The molecule has 0 aliphatic heterocycles. The number of rotatable bonds is 68. The number of likely N-dealkylation sites (N-methyl/N-ethyl adjacent to an activating group) is 1. The number of nitrogens with zero attached hydrogens (tertiary/aromatic N) is 1. The van der Waals surface area contributed by atoms with Crippen molar-refractivity contribution in [3.8, 4) is 0 Å². The summed E-state index contributed by atoms with van der Waals surface area (Å²) in [4.78, 5) is 37.7. The Labute approximate surface area is 526 Å². The van der Waals surface area contributed by atoms with Gasteiger partial charge in [-0.3, -0.25) is 9.59 Å². The van der Waals surface area contributed by atoms with Crippen molar-refractivity contribution in [2.45, 2.75) is 360 Å². The summed E-state index contributed by atoms with van der Waals surface area (Å²) >= 11 is 0. The van der Waals surface area contributed by atoms with Crippen molar-refractivity contribution in [2.24, 2.45) is 0 Å². The summed E-state index contributed by atoms with van der Waals surface area (Å²) in [7, 11) is 5.99. The van der Waals surface area contributed by atoms with Crippen molar-refractivity contribution >= 4 is 17.9 Å². The van der Waals surface area contributed by atoms with Crippen molar-refractivity contribution < 1.29 is 42.9 Å². The predicted molar refractivity (Wildman–Crippen MR) is 364 cm³/mol. The van der Waals surface area contributed by atoms with Crippen LogP contribution in [0.1, 0.15) is 348 Å². The molecule has 0 amide bonds. The van der Waals surface area contributed by atoms with Gasteiger partial charge in [-0.15, -0.1) is 0 Å². The number of carboxylic acid groups (broad SMARTS) is 1. The van der Waals surface area contributed by atoms with Gasteiger partial charge in [0.2, 0.25) is 0 Å². The lowest BCUT2D eigenvalue weighted by atomic mass is 10.0. The first kappa shape index (κ1) is 82.0. The van der Waals surface area contributed by atoms with Crippen LogP contribution in [-0.2, 0) is 33.3 Å². The van der Waals surface area contributed by atoms with Crippen LogP contribution < -0.4 is 0 Å². The Hall–Kier alpha value is -3.01. The molecule has 0 aromatic carbocycles. The van der Waals surface area contributed by atoms with Gasteiger partial charge in [-0.05, 0) is 57.8 Å². The Kier molecular flexibility index (Phi) is 64.6. The summed E-state index contributed by atoms with van der Waals surface area (Å²) in [6.45, 7) is 4.83. The van der Waals surface area contributed by atoms with Gasteiger partial charge in [0.25, 0.3) is 6.29 Å². The number of quaternary nitrogens is 1. The lowest BCUT2D eigenvalue weighted by Gasteiger charge is -2.25. The fraction of sp³-hybridized carbons (Fsp3) is 0.829. The lowest BCUT2D eigenvalue weighted by Crippen LogP contribution is -2.40. The van der Waals surface area contributed by atoms with Gasteiger partial charge < -0.3 is 28.5 Å². The zero-order valence-corrected chi connectivity index (χ0v) is 56.8. The number of carbonyl (C=O) groups excluding carboxylic acids is 2. The maximum Gasteiger partial charge on any atom is 0.361 e. The SMILES string of the molecule is CC/C=C\C/C=C\C/C=C\C/C=C\C/C=C\CCCCCCCCCCCCCCCCCCCC(=O)OC(COC(=O)CCCCCCCCCCCCCCCCCCCCCCCCCCCCC)COC(OCC[N+](C)(C)C)C(=O)O. The lowest BCUT2D eigenvalue weighted by molar-refractivity contribution is -0.870. The molecule has 0 bridgehead atoms. The predicted octanol–water partition coefficient (Wildman–Crippen LogP) is 22.7. The fourth-order valence-corrected chi connectivity index (χ4v) is 10.8. The van der Waals surface area contributed by atoms with E-state index in [1.54, 1.807) is 0 Å². The van der Waals surface area contributed by atoms with Gasteiger partial charge in [-0.2, -0.15) is 0 Å². The Morgan fingerprint density at radius 1 is 0.365 bits per heavy atom. The maximum absolute atomic E-state index is 13.0. The fourth-order valence-electron chi connectivity index (χ4n) is 10.8. The molecule has 85 heavy (non-hydrogen) atoms. The van der Waals surface area contributed by atoms with Crippen molar-refractivity contribution in [3.05, 3.63) is 60.8 Å². The standard InChI is InChI=1S/C76H139NO8/c1-6-8-10-12-14-16-18-20-22-24-26-28-30-32-34-35-36-37-38-39-41-43-45-47-49-51-53-55-57-59-61-63-65-67-74(79)85-72(71-84-76(75(80)81)82-69-68-77(3,4)5)70-83-73(78)66-64-62-60-58-56-54-52-50-48-46-44-42-40-33-31-29-27-25-23-21-19-17-15-13-11-9-7-2/h8,10,14,16,20,22,26,28,32,34,72,76H,6-7,9,11-13,15,17-19,21,23-25,27,29-31,33,35-71H2,1-5H3/p+1/b10-8-,16-14-,22-20-,28-26-,34-32-. The van der Waals surface area contributed by atoms with E-state index in [9.17, 15) is 19.5 Å². The molecule has 2 unspecified atom stereocenters. The highest BCUT2D eigenvalue weighted by atomic mass is 16.7. The highest BCUT2D eigenvalue weighted by molar-refractivity contribution is 5.71. The number of esters is 2. The molecule has 0 heterocycles. The average molecular weight is 1200 g/mol. The smallest absolute Gasteiger partial charge is 0.361 e. The second-order valence-electron chi connectivity index (χ2n) is 25.9. The summed E-state index contributed by atoms with van der Waals surface area (Å²) in [5, 5.41) is 9.75. The zero-order valence-electron chi connectivity index (χ0n) is 56.8. The summed E-state index contributed by atoms with van der Waals surface area (Å²) in [5.74, 6) is -1.98. The van der Waals surface area contributed by atoms with Gasteiger partial charge in [0.15, 0.2) is 6.10 Å². The molecule has 9 heteroatoms. The Morgan fingerprint density at radius 2 is 0.671 bits per heavy atom. The molecular formula is C76H140NO8+. The number of carboxylic acids is 1. The summed E-state index contributed by atoms with van der Waals surface area (Å²) in [6.07, 6.45) is 84.9. The molecule has 0 saturated heterocycles. The minimum absolute atomic E-state index is 0.177. The summed E-state index contributed by atoms with van der Waals surface area (Å²) < 4.78 is 23.0. The molecule has 496 valence electrons. The third kappa shape index (κ3) is 68.3. The number of unbranched alkanes of at least 4 members (excludes halogenated alkanes) is 43. The van der Waals surface area contributed by atoms with Crippen LogP contribution in [0, 0.1) is 0 Å². The van der Waals surface area contributed by atoms with Gasteiger partial charge in [0.1, 0.15) is 13.2 Å². The monoisotopic (exact) mass is 1200 g/mol. The molecule has 0 rings (SSSR count). The number of ether oxygens (including phenoxy) is 4. The Bertz CT molecular complexity index is 1580. The molecule has 0 radical (unpaired) electrons. The molecule has 0 aliphatic carbocycles. The Balaban J connectivity index is 4.05. The van der Waals surface area contributed by atoms with Gasteiger partial charge in [-0.1, -0.05) is 338 Å². The normalized spacial score (nSPS) is 13.0. The highest BCUT2D eigenvalue weighted by Gasteiger charge is 2.25. The van der Waals surface area contributed by atoms with Crippen LogP contribution in [0.4, 0.5) is 0 Å². The zero-order chi connectivity index (χ0) is 61.9. The van der Waals surface area contributed by atoms with E-state index in [0.29, 0.717) is 17.4 Å². The molecular weight excluding hydrogens is 1050 g/mol. The van der Waals surface area contributed by atoms with Crippen LogP contribution in [-0.4, -0.2) is 87.4 Å². The molecule has 9 nitrogen and oxygen atoms in total. The highest BCUT2D eigenvalue weighted by Crippen LogP contribution is 2.19.